The Bertz CT molecular complexity index is 339. The maximum absolute atomic E-state index is 10.2. The van der Waals surface area contributed by atoms with Gasteiger partial charge in [-0.05, 0) is 12.3 Å². The molecule has 70 valence electrons. The van der Waals surface area contributed by atoms with Gasteiger partial charge in [0.2, 0.25) is 5.89 Å². The van der Waals surface area contributed by atoms with Crippen molar-refractivity contribution in [3.8, 4) is 0 Å². The Balaban J connectivity index is 0.000000980. The van der Waals surface area contributed by atoms with Crippen LogP contribution < -0.4 is 24.0 Å². The number of carboxylic acids is 1. The molecule has 1 fully saturated rings. The summed E-state index contributed by atoms with van der Waals surface area (Å²) >= 11 is 0. The van der Waals surface area contributed by atoms with Gasteiger partial charge in [0.05, 0.1) is 12.4 Å². The number of nitrogens with zero attached hydrogens (tertiary/aromatic N) is 2. The van der Waals surface area contributed by atoms with Crippen molar-refractivity contribution < 1.29 is 33.3 Å². The standard InChI is InChI=1S/C8H10N2O3.Li/c1-4-2-5(4)8-9-6(13-10-8)3-7(11)12;/h4-5H,2-3H2,1H3,(H,11,12);/q;+1/p-1. The molecule has 0 radical (unpaired) electrons. The summed E-state index contributed by atoms with van der Waals surface area (Å²) in [4.78, 5) is 14.2. The first-order chi connectivity index (χ1) is 6.16. The predicted molar refractivity (Wildman–Crippen MR) is 39.5 cm³/mol. The first kappa shape index (κ1) is 11.3. The van der Waals surface area contributed by atoms with Gasteiger partial charge in [-0.2, -0.15) is 4.98 Å². The largest absolute Gasteiger partial charge is 1.00 e. The van der Waals surface area contributed by atoms with Crippen LogP contribution in [0.1, 0.15) is 31.0 Å². The van der Waals surface area contributed by atoms with Crippen molar-refractivity contribution in [3.63, 3.8) is 0 Å². The Morgan fingerprint density at radius 2 is 2.36 bits per heavy atom. The molecule has 2 unspecified atom stereocenters. The van der Waals surface area contributed by atoms with Gasteiger partial charge < -0.3 is 14.4 Å². The Morgan fingerprint density at radius 3 is 2.86 bits per heavy atom. The van der Waals surface area contributed by atoms with E-state index in [1.54, 1.807) is 0 Å². The average molecular weight is 188 g/mol. The van der Waals surface area contributed by atoms with Crippen molar-refractivity contribution in [1.29, 1.82) is 0 Å². The van der Waals surface area contributed by atoms with E-state index in [4.69, 9.17) is 4.52 Å². The molecule has 0 spiro atoms. The summed E-state index contributed by atoms with van der Waals surface area (Å²) in [6, 6.07) is 0. The Hall–Kier alpha value is -0.793. The normalized spacial score (nSPS) is 24.1. The molecule has 0 amide bonds. The fourth-order valence-corrected chi connectivity index (χ4v) is 1.30. The first-order valence-corrected chi connectivity index (χ1v) is 4.19. The number of carboxylic acid groups (broad SMARTS) is 1. The van der Waals surface area contributed by atoms with Gasteiger partial charge >= 0.3 is 18.9 Å². The molecular weight excluding hydrogens is 179 g/mol. The van der Waals surface area contributed by atoms with Gasteiger partial charge in [-0.3, -0.25) is 0 Å². The third kappa shape index (κ3) is 2.37. The van der Waals surface area contributed by atoms with Gasteiger partial charge in [0, 0.05) is 5.92 Å². The van der Waals surface area contributed by atoms with Crippen LogP contribution in [0.25, 0.3) is 0 Å². The molecule has 2 atom stereocenters. The summed E-state index contributed by atoms with van der Waals surface area (Å²) in [6.07, 6.45) is 0.762. The molecule has 2 rings (SSSR count). The molecule has 1 heterocycles. The fraction of sp³-hybridized carbons (Fsp3) is 0.625. The van der Waals surface area contributed by atoms with E-state index in [0.717, 1.165) is 6.42 Å². The van der Waals surface area contributed by atoms with Crippen molar-refractivity contribution in [3.05, 3.63) is 11.7 Å². The minimum atomic E-state index is -1.20. The van der Waals surface area contributed by atoms with Crippen LogP contribution in [0.2, 0.25) is 0 Å². The minimum Gasteiger partial charge on any atom is -0.550 e. The van der Waals surface area contributed by atoms with Crippen LogP contribution in [0.5, 0.6) is 0 Å². The van der Waals surface area contributed by atoms with Gasteiger partial charge in [-0.25, -0.2) is 0 Å². The number of aliphatic carboxylic acids is 1. The Labute approximate surface area is 93.1 Å². The van der Waals surface area contributed by atoms with Crippen molar-refractivity contribution in [2.75, 3.05) is 0 Å². The maximum Gasteiger partial charge on any atom is 1.00 e. The summed E-state index contributed by atoms with van der Waals surface area (Å²) in [7, 11) is 0. The van der Waals surface area contributed by atoms with E-state index in [0.29, 0.717) is 17.7 Å². The van der Waals surface area contributed by atoms with Crippen molar-refractivity contribution in [1.82, 2.24) is 10.1 Å². The van der Waals surface area contributed by atoms with Gasteiger partial charge in [0.15, 0.2) is 5.82 Å². The molecule has 0 N–H and O–H groups in total. The second kappa shape index (κ2) is 4.16. The average Bonchev–Trinajstić information content (AvgIpc) is 2.60. The molecule has 5 nitrogen and oxygen atoms in total. The van der Waals surface area contributed by atoms with Crippen LogP contribution in [-0.2, 0) is 11.2 Å². The molecule has 1 aromatic heterocycles. The molecule has 0 bridgehead atoms. The van der Waals surface area contributed by atoms with E-state index in [1.807, 2.05) is 0 Å². The van der Waals surface area contributed by atoms with Crippen molar-refractivity contribution in [2.24, 2.45) is 5.92 Å². The third-order valence-electron chi connectivity index (χ3n) is 2.22. The number of carbonyl (C=O) groups is 1. The zero-order valence-electron chi connectivity index (χ0n) is 8.19. The monoisotopic (exact) mass is 188 g/mol. The van der Waals surface area contributed by atoms with Crippen LogP contribution in [0.4, 0.5) is 0 Å². The minimum absolute atomic E-state index is 0. The number of hydrogen-bond donors (Lipinski definition) is 0. The Kier molecular flexibility index (Phi) is 3.35. The van der Waals surface area contributed by atoms with E-state index in [1.165, 1.54) is 0 Å². The van der Waals surface area contributed by atoms with Crippen LogP contribution in [-0.4, -0.2) is 16.1 Å². The second-order valence-corrected chi connectivity index (χ2v) is 3.41. The molecule has 14 heavy (non-hydrogen) atoms. The summed E-state index contributed by atoms with van der Waals surface area (Å²) in [5.74, 6) is 0.518. The second-order valence-electron chi connectivity index (χ2n) is 3.41. The number of hydrogen-bond acceptors (Lipinski definition) is 5. The van der Waals surface area contributed by atoms with Crippen molar-refractivity contribution in [2.45, 2.75) is 25.7 Å². The zero-order valence-corrected chi connectivity index (χ0v) is 8.19. The molecule has 0 aliphatic heterocycles. The molecular formula is C8H9LiN2O3. The van der Waals surface area contributed by atoms with E-state index >= 15 is 0 Å². The molecule has 6 heteroatoms. The SMILES string of the molecule is CC1CC1c1noc(CC(=O)[O-])n1.[Li+]. The molecule has 1 saturated carbocycles. The summed E-state index contributed by atoms with van der Waals surface area (Å²) < 4.78 is 4.74. The van der Waals surface area contributed by atoms with E-state index in [-0.39, 0.29) is 31.2 Å². The number of rotatable bonds is 3. The molecule has 0 aromatic carbocycles. The van der Waals surface area contributed by atoms with Crippen LogP contribution in [0.15, 0.2) is 4.52 Å². The summed E-state index contributed by atoms with van der Waals surface area (Å²) in [5.41, 5.74) is 0. The van der Waals surface area contributed by atoms with Gasteiger partial charge in [-0.15, -0.1) is 0 Å². The predicted octanol–water partition coefficient (Wildman–Crippen LogP) is -3.51. The number of aromatic nitrogens is 2. The number of carbonyl (C=O) groups excluding carboxylic acids is 1. The first-order valence-electron chi connectivity index (χ1n) is 4.19. The zero-order chi connectivity index (χ0) is 9.42. The summed E-state index contributed by atoms with van der Waals surface area (Å²) in [6.45, 7) is 2.10. The van der Waals surface area contributed by atoms with E-state index in [9.17, 15) is 9.90 Å². The van der Waals surface area contributed by atoms with Crippen LogP contribution in [0, 0.1) is 5.92 Å². The smallest absolute Gasteiger partial charge is 0.550 e. The van der Waals surface area contributed by atoms with E-state index < -0.39 is 5.97 Å². The third-order valence-corrected chi connectivity index (χ3v) is 2.22. The molecule has 1 aromatic rings. The van der Waals surface area contributed by atoms with Crippen LogP contribution in [0.3, 0.4) is 0 Å². The maximum atomic E-state index is 10.2. The molecule has 0 saturated heterocycles. The van der Waals surface area contributed by atoms with E-state index in [2.05, 4.69) is 17.1 Å². The Morgan fingerprint density at radius 1 is 1.71 bits per heavy atom. The van der Waals surface area contributed by atoms with Gasteiger partial charge in [-0.1, -0.05) is 12.1 Å². The molecule has 1 aliphatic carbocycles. The quantitative estimate of drug-likeness (QED) is 0.459. The molecule has 1 aliphatic rings. The van der Waals surface area contributed by atoms with Crippen LogP contribution >= 0.6 is 0 Å². The van der Waals surface area contributed by atoms with Gasteiger partial charge in [0.1, 0.15) is 0 Å². The fourth-order valence-electron chi connectivity index (χ4n) is 1.30. The van der Waals surface area contributed by atoms with Gasteiger partial charge in [0.25, 0.3) is 0 Å². The topological polar surface area (TPSA) is 79.0 Å². The summed E-state index contributed by atoms with van der Waals surface area (Å²) in [5, 5.41) is 13.9. The van der Waals surface area contributed by atoms with Crippen molar-refractivity contribution >= 4 is 5.97 Å².